The minimum absolute atomic E-state index is 0.385. The molecular formula is C18H18N2O. The highest BCUT2D eigenvalue weighted by atomic mass is 16.5. The standard InChI is InChI=1S/C18H18N2O/c1-2-8-14(7-1)21-15-9-5-6-13(12-15)18-19-16-10-3-4-11-17(16)20-18/h3-6,9-12,14H,1-2,7-8H2,(H,19,20). The lowest BCUT2D eigenvalue weighted by molar-refractivity contribution is 0.210. The van der Waals surface area contributed by atoms with E-state index >= 15 is 0 Å². The molecule has 3 heteroatoms. The van der Waals surface area contributed by atoms with Crippen molar-refractivity contribution in [3.05, 3.63) is 48.5 Å². The maximum absolute atomic E-state index is 6.07. The summed E-state index contributed by atoms with van der Waals surface area (Å²) in [6.45, 7) is 0. The monoisotopic (exact) mass is 278 g/mol. The highest BCUT2D eigenvalue weighted by molar-refractivity contribution is 5.79. The number of rotatable bonds is 3. The van der Waals surface area contributed by atoms with Crippen LogP contribution in [0.4, 0.5) is 0 Å². The van der Waals surface area contributed by atoms with Crippen molar-refractivity contribution in [3.63, 3.8) is 0 Å². The summed E-state index contributed by atoms with van der Waals surface area (Å²) in [5.41, 5.74) is 3.13. The van der Waals surface area contributed by atoms with E-state index in [0.29, 0.717) is 6.10 Å². The Morgan fingerprint density at radius 1 is 1.00 bits per heavy atom. The number of para-hydroxylation sites is 2. The van der Waals surface area contributed by atoms with E-state index in [9.17, 15) is 0 Å². The van der Waals surface area contributed by atoms with E-state index in [1.165, 1.54) is 25.7 Å². The van der Waals surface area contributed by atoms with Gasteiger partial charge in [0, 0.05) is 5.56 Å². The highest BCUT2D eigenvalue weighted by Crippen LogP contribution is 2.27. The molecule has 1 saturated carbocycles. The third-order valence-electron chi connectivity index (χ3n) is 4.10. The van der Waals surface area contributed by atoms with Crippen LogP contribution >= 0.6 is 0 Å². The minimum atomic E-state index is 0.385. The predicted octanol–water partition coefficient (Wildman–Crippen LogP) is 4.55. The van der Waals surface area contributed by atoms with Gasteiger partial charge in [0.05, 0.1) is 17.1 Å². The zero-order valence-corrected chi connectivity index (χ0v) is 11.9. The van der Waals surface area contributed by atoms with Crippen molar-refractivity contribution >= 4 is 11.0 Å². The van der Waals surface area contributed by atoms with Crippen LogP contribution in [0.25, 0.3) is 22.4 Å². The Morgan fingerprint density at radius 3 is 2.71 bits per heavy atom. The Labute approximate surface area is 124 Å². The van der Waals surface area contributed by atoms with Gasteiger partial charge in [0.15, 0.2) is 0 Å². The summed E-state index contributed by atoms with van der Waals surface area (Å²) in [5.74, 6) is 1.84. The number of benzene rings is 2. The topological polar surface area (TPSA) is 37.9 Å². The molecule has 0 radical (unpaired) electrons. The highest BCUT2D eigenvalue weighted by Gasteiger charge is 2.16. The molecule has 0 spiro atoms. The molecule has 0 saturated heterocycles. The molecule has 1 heterocycles. The van der Waals surface area contributed by atoms with Gasteiger partial charge in [0.1, 0.15) is 11.6 Å². The molecule has 1 fully saturated rings. The van der Waals surface area contributed by atoms with Crippen LogP contribution in [0.1, 0.15) is 25.7 Å². The van der Waals surface area contributed by atoms with Crippen LogP contribution in [0.5, 0.6) is 5.75 Å². The van der Waals surface area contributed by atoms with Gasteiger partial charge in [-0.05, 0) is 49.9 Å². The quantitative estimate of drug-likeness (QED) is 0.763. The fourth-order valence-electron chi connectivity index (χ4n) is 3.00. The summed E-state index contributed by atoms with van der Waals surface area (Å²) in [6.07, 6.45) is 5.31. The summed E-state index contributed by atoms with van der Waals surface area (Å²) in [7, 11) is 0. The van der Waals surface area contributed by atoms with Crippen molar-refractivity contribution in [2.24, 2.45) is 0 Å². The van der Waals surface area contributed by atoms with E-state index in [4.69, 9.17) is 4.74 Å². The Balaban J connectivity index is 1.64. The van der Waals surface area contributed by atoms with Gasteiger partial charge < -0.3 is 9.72 Å². The normalized spacial score (nSPS) is 15.6. The first-order valence-corrected chi connectivity index (χ1v) is 7.60. The van der Waals surface area contributed by atoms with Crippen LogP contribution in [-0.4, -0.2) is 16.1 Å². The molecule has 0 atom stereocenters. The second-order valence-corrected chi connectivity index (χ2v) is 5.65. The third-order valence-corrected chi connectivity index (χ3v) is 4.10. The molecule has 1 aliphatic carbocycles. The van der Waals surface area contributed by atoms with Gasteiger partial charge in [-0.3, -0.25) is 0 Å². The average molecular weight is 278 g/mol. The molecule has 4 rings (SSSR count). The fraction of sp³-hybridized carbons (Fsp3) is 0.278. The van der Waals surface area contributed by atoms with Crippen molar-refractivity contribution in [1.82, 2.24) is 9.97 Å². The SMILES string of the molecule is c1cc(OC2CCCC2)cc(-c2nc3ccccc3[nH]2)c1. The van der Waals surface area contributed by atoms with Crippen LogP contribution in [0, 0.1) is 0 Å². The first-order chi connectivity index (χ1) is 10.4. The second-order valence-electron chi connectivity index (χ2n) is 5.65. The molecular weight excluding hydrogens is 260 g/mol. The second kappa shape index (κ2) is 5.24. The van der Waals surface area contributed by atoms with E-state index in [-0.39, 0.29) is 0 Å². The van der Waals surface area contributed by atoms with E-state index < -0.39 is 0 Å². The number of hydrogen-bond donors (Lipinski definition) is 1. The molecule has 1 aromatic heterocycles. The van der Waals surface area contributed by atoms with Crippen molar-refractivity contribution in [1.29, 1.82) is 0 Å². The molecule has 1 N–H and O–H groups in total. The van der Waals surface area contributed by atoms with Gasteiger partial charge in [-0.1, -0.05) is 24.3 Å². The minimum Gasteiger partial charge on any atom is -0.490 e. The Bertz CT molecular complexity index is 724. The summed E-state index contributed by atoms with van der Waals surface area (Å²) >= 11 is 0. The van der Waals surface area contributed by atoms with Gasteiger partial charge >= 0.3 is 0 Å². The number of nitrogens with zero attached hydrogens (tertiary/aromatic N) is 1. The van der Waals surface area contributed by atoms with Crippen molar-refractivity contribution in [3.8, 4) is 17.1 Å². The van der Waals surface area contributed by atoms with E-state index in [1.54, 1.807) is 0 Å². The largest absolute Gasteiger partial charge is 0.490 e. The molecule has 3 aromatic rings. The molecule has 1 aliphatic rings. The number of imidazole rings is 1. The molecule has 0 aliphatic heterocycles. The van der Waals surface area contributed by atoms with Gasteiger partial charge in [0.25, 0.3) is 0 Å². The van der Waals surface area contributed by atoms with Gasteiger partial charge in [-0.15, -0.1) is 0 Å². The lowest BCUT2D eigenvalue weighted by atomic mass is 10.2. The number of aromatic amines is 1. The molecule has 106 valence electrons. The van der Waals surface area contributed by atoms with Crippen LogP contribution in [0.15, 0.2) is 48.5 Å². The maximum Gasteiger partial charge on any atom is 0.138 e. The van der Waals surface area contributed by atoms with Crippen LogP contribution in [0.2, 0.25) is 0 Å². The maximum atomic E-state index is 6.07. The van der Waals surface area contributed by atoms with E-state index in [2.05, 4.69) is 22.1 Å². The fourth-order valence-corrected chi connectivity index (χ4v) is 3.00. The van der Waals surface area contributed by atoms with Crippen molar-refractivity contribution < 1.29 is 4.74 Å². The van der Waals surface area contributed by atoms with Crippen LogP contribution < -0.4 is 4.74 Å². The zero-order valence-electron chi connectivity index (χ0n) is 11.9. The van der Waals surface area contributed by atoms with Gasteiger partial charge in [-0.25, -0.2) is 4.98 Å². The Morgan fingerprint density at radius 2 is 1.86 bits per heavy atom. The number of ether oxygens (including phenoxy) is 1. The summed E-state index contributed by atoms with van der Waals surface area (Å²) in [6, 6.07) is 16.3. The lowest BCUT2D eigenvalue weighted by Gasteiger charge is -2.13. The van der Waals surface area contributed by atoms with E-state index in [0.717, 1.165) is 28.2 Å². The summed E-state index contributed by atoms with van der Waals surface area (Å²) in [5, 5.41) is 0. The molecule has 0 bridgehead atoms. The Kier molecular flexibility index (Phi) is 3.11. The Hall–Kier alpha value is -2.29. The van der Waals surface area contributed by atoms with Gasteiger partial charge in [-0.2, -0.15) is 0 Å². The predicted molar refractivity (Wildman–Crippen MR) is 84.4 cm³/mol. The molecule has 3 nitrogen and oxygen atoms in total. The van der Waals surface area contributed by atoms with E-state index in [1.807, 2.05) is 36.4 Å². The first-order valence-electron chi connectivity index (χ1n) is 7.60. The number of H-pyrrole nitrogens is 1. The van der Waals surface area contributed by atoms with Crippen molar-refractivity contribution in [2.45, 2.75) is 31.8 Å². The smallest absolute Gasteiger partial charge is 0.138 e. The molecule has 0 amide bonds. The average Bonchev–Trinajstić information content (AvgIpc) is 3.16. The molecule has 21 heavy (non-hydrogen) atoms. The number of hydrogen-bond acceptors (Lipinski definition) is 2. The van der Waals surface area contributed by atoms with Crippen molar-refractivity contribution in [2.75, 3.05) is 0 Å². The summed E-state index contributed by atoms with van der Waals surface area (Å²) < 4.78 is 6.07. The van der Waals surface area contributed by atoms with Gasteiger partial charge in [0.2, 0.25) is 0 Å². The summed E-state index contributed by atoms with van der Waals surface area (Å²) in [4.78, 5) is 8.01. The first kappa shape index (κ1) is 12.5. The number of nitrogens with one attached hydrogen (secondary N) is 1. The lowest BCUT2D eigenvalue weighted by Crippen LogP contribution is -2.10. The van der Waals surface area contributed by atoms with Crippen LogP contribution in [0.3, 0.4) is 0 Å². The third kappa shape index (κ3) is 2.51. The zero-order chi connectivity index (χ0) is 14.1. The number of fused-ring (bicyclic) bond motifs is 1. The molecule has 2 aromatic carbocycles. The van der Waals surface area contributed by atoms with Crippen LogP contribution in [-0.2, 0) is 0 Å². The molecule has 0 unspecified atom stereocenters. The number of aromatic nitrogens is 2.